The van der Waals surface area contributed by atoms with E-state index >= 15 is 0 Å². The van der Waals surface area contributed by atoms with E-state index in [1.165, 1.54) is 18.6 Å². The average Bonchev–Trinajstić information content (AvgIpc) is 1.91. The minimum absolute atomic E-state index is 0.694. The topological polar surface area (TPSA) is 12.4 Å². The van der Waals surface area contributed by atoms with Gasteiger partial charge in [-0.15, -0.1) is 0 Å². The van der Waals surface area contributed by atoms with Crippen LogP contribution in [0.25, 0.3) is 0 Å². The molecule has 0 amide bonds. The number of nitrogens with zero attached hydrogens (tertiary/aromatic N) is 1. The van der Waals surface area contributed by atoms with Crippen molar-refractivity contribution in [2.45, 2.75) is 40.0 Å². The molecule has 0 N–H and O–H groups in total. The maximum Gasteiger partial charge on any atom is 0.0276 e. The van der Waals surface area contributed by atoms with Gasteiger partial charge in [0, 0.05) is 12.8 Å². The molecule has 1 atom stereocenters. The Morgan fingerprint density at radius 3 is 2.30 bits per heavy atom. The van der Waals surface area contributed by atoms with Crippen LogP contribution in [0.2, 0.25) is 0 Å². The Morgan fingerprint density at radius 1 is 1.40 bits per heavy atom. The second-order valence-electron chi connectivity index (χ2n) is 2.76. The first-order valence-corrected chi connectivity index (χ1v) is 4.21. The molecule has 0 radical (unpaired) electrons. The molecular formula is C9H19N. The highest BCUT2D eigenvalue weighted by Gasteiger charge is 2.05. The predicted octanol–water partition coefficient (Wildman–Crippen LogP) is 2.90. The van der Waals surface area contributed by atoms with Crippen molar-refractivity contribution in [2.75, 3.05) is 7.05 Å². The van der Waals surface area contributed by atoms with Gasteiger partial charge in [0.1, 0.15) is 0 Å². The van der Waals surface area contributed by atoms with Crippen LogP contribution in [0.5, 0.6) is 0 Å². The predicted molar refractivity (Wildman–Crippen MR) is 47.7 cm³/mol. The Balaban J connectivity index is 3.77. The van der Waals surface area contributed by atoms with Gasteiger partial charge in [-0.2, -0.15) is 0 Å². The summed E-state index contributed by atoms with van der Waals surface area (Å²) < 4.78 is 0. The lowest BCUT2D eigenvalue weighted by atomic mass is 9.98. The molecule has 0 rings (SSSR count). The summed E-state index contributed by atoms with van der Waals surface area (Å²) in [7, 11) is 1.89. The molecule has 0 aliphatic carbocycles. The molecule has 0 aliphatic rings. The summed E-state index contributed by atoms with van der Waals surface area (Å²) in [6, 6.07) is 0. The first kappa shape index (κ1) is 9.67. The van der Waals surface area contributed by atoms with E-state index in [4.69, 9.17) is 0 Å². The minimum Gasteiger partial charge on any atom is -0.297 e. The van der Waals surface area contributed by atoms with Crippen LogP contribution in [0.15, 0.2) is 4.99 Å². The van der Waals surface area contributed by atoms with Crippen LogP contribution in [0.4, 0.5) is 0 Å². The van der Waals surface area contributed by atoms with E-state index in [-0.39, 0.29) is 0 Å². The van der Waals surface area contributed by atoms with Gasteiger partial charge in [-0.3, -0.25) is 4.99 Å². The number of hydrogen-bond donors (Lipinski definition) is 0. The Bertz CT molecular complexity index is 105. The molecule has 0 saturated carbocycles. The molecule has 0 aromatic carbocycles. The molecule has 0 spiro atoms. The van der Waals surface area contributed by atoms with Crippen LogP contribution in [0.1, 0.15) is 40.0 Å². The first-order valence-electron chi connectivity index (χ1n) is 4.21. The molecule has 0 saturated heterocycles. The Hall–Kier alpha value is -0.330. The van der Waals surface area contributed by atoms with Crippen molar-refractivity contribution in [3.8, 4) is 0 Å². The summed E-state index contributed by atoms with van der Waals surface area (Å²) in [6.45, 7) is 6.66. The quantitative estimate of drug-likeness (QED) is 0.534. The Labute approximate surface area is 64.6 Å². The summed E-state index contributed by atoms with van der Waals surface area (Å²) >= 11 is 0. The van der Waals surface area contributed by atoms with E-state index in [0.717, 1.165) is 6.42 Å². The van der Waals surface area contributed by atoms with Gasteiger partial charge in [-0.1, -0.05) is 27.2 Å². The van der Waals surface area contributed by atoms with Crippen molar-refractivity contribution in [3.63, 3.8) is 0 Å². The molecule has 1 heteroatoms. The fourth-order valence-electron chi connectivity index (χ4n) is 1.33. The van der Waals surface area contributed by atoms with E-state index < -0.39 is 0 Å². The minimum atomic E-state index is 0.694. The number of rotatable bonds is 4. The Kier molecular flexibility index (Phi) is 5.27. The second-order valence-corrected chi connectivity index (χ2v) is 2.76. The van der Waals surface area contributed by atoms with Crippen LogP contribution >= 0.6 is 0 Å². The van der Waals surface area contributed by atoms with Gasteiger partial charge in [0.2, 0.25) is 0 Å². The molecular weight excluding hydrogens is 122 g/mol. The van der Waals surface area contributed by atoms with Gasteiger partial charge in [0.15, 0.2) is 0 Å². The summed E-state index contributed by atoms with van der Waals surface area (Å²) in [4.78, 5) is 4.24. The van der Waals surface area contributed by atoms with Crippen molar-refractivity contribution >= 4 is 5.71 Å². The fourth-order valence-corrected chi connectivity index (χ4v) is 1.33. The normalized spacial score (nSPS) is 15.4. The van der Waals surface area contributed by atoms with Gasteiger partial charge in [-0.05, 0) is 18.8 Å². The van der Waals surface area contributed by atoms with Crippen molar-refractivity contribution < 1.29 is 0 Å². The maximum atomic E-state index is 4.24. The summed E-state index contributed by atoms with van der Waals surface area (Å²) in [5.74, 6) is 0.694. The smallest absolute Gasteiger partial charge is 0.0276 e. The lowest BCUT2D eigenvalue weighted by Crippen LogP contribution is -2.09. The molecule has 10 heavy (non-hydrogen) atoms. The maximum absolute atomic E-state index is 4.24. The number of aliphatic imine (C=N–C) groups is 1. The lowest BCUT2D eigenvalue weighted by Gasteiger charge is -2.10. The lowest BCUT2D eigenvalue weighted by molar-refractivity contribution is 0.656. The van der Waals surface area contributed by atoms with Crippen LogP contribution in [-0.2, 0) is 0 Å². The molecule has 1 unspecified atom stereocenters. The Morgan fingerprint density at radius 2 is 2.00 bits per heavy atom. The zero-order valence-electron chi connectivity index (χ0n) is 7.65. The molecule has 0 heterocycles. The van der Waals surface area contributed by atoms with Crippen LogP contribution in [-0.4, -0.2) is 12.8 Å². The van der Waals surface area contributed by atoms with E-state index in [1.54, 1.807) is 0 Å². The van der Waals surface area contributed by atoms with Gasteiger partial charge in [-0.25, -0.2) is 0 Å². The largest absolute Gasteiger partial charge is 0.297 e. The van der Waals surface area contributed by atoms with Gasteiger partial charge in [0.05, 0.1) is 0 Å². The molecule has 0 aliphatic heterocycles. The SMILES string of the molecule is CCCC(C)C(CC)=NC. The van der Waals surface area contributed by atoms with Crippen molar-refractivity contribution in [1.82, 2.24) is 0 Å². The summed E-state index contributed by atoms with van der Waals surface area (Å²) in [5.41, 5.74) is 1.36. The van der Waals surface area contributed by atoms with Crippen molar-refractivity contribution in [3.05, 3.63) is 0 Å². The van der Waals surface area contributed by atoms with Crippen LogP contribution in [0, 0.1) is 5.92 Å². The standard InChI is InChI=1S/C9H19N/c1-5-7-8(3)9(6-2)10-4/h8H,5-7H2,1-4H3. The van der Waals surface area contributed by atoms with Crippen molar-refractivity contribution in [1.29, 1.82) is 0 Å². The van der Waals surface area contributed by atoms with E-state index in [9.17, 15) is 0 Å². The molecule has 0 aromatic rings. The first-order chi connectivity index (χ1) is 4.76. The highest BCUT2D eigenvalue weighted by Crippen LogP contribution is 2.09. The highest BCUT2D eigenvalue weighted by molar-refractivity contribution is 5.86. The molecule has 0 aromatic heterocycles. The molecule has 0 bridgehead atoms. The van der Waals surface area contributed by atoms with Gasteiger partial charge in [0.25, 0.3) is 0 Å². The van der Waals surface area contributed by atoms with Crippen LogP contribution in [0.3, 0.4) is 0 Å². The molecule has 60 valence electrons. The van der Waals surface area contributed by atoms with Crippen LogP contribution < -0.4 is 0 Å². The zero-order valence-corrected chi connectivity index (χ0v) is 7.65. The zero-order chi connectivity index (χ0) is 7.98. The van der Waals surface area contributed by atoms with E-state index in [2.05, 4.69) is 25.8 Å². The number of hydrogen-bond acceptors (Lipinski definition) is 1. The molecule has 1 nitrogen and oxygen atoms in total. The average molecular weight is 141 g/mol. The third-order valence-electron chi connectivity index (χ3n) is 1.94. The third-order valence-corrected chi connectivity index (χ3v) is 1.94. The fraction of sp³-hybridized carbons (Fsp3) is 0.889. The second kappa shape index (κ2) is 5.45. The van der Waals surface area contributed by atoms with Gasteiger partial charge >= 0.3 is 0 Å². The monoisotopic (exact) mass is 141 g/mol. The van der Waals surface area contributed by atoms with E-state index in [0.29, 0.717) is 5.92 Å². The summed E-state index contributed by atoms with van der Waals surface area (Å²) in [5, 5.41) is 0. The third kappa shape index (κ3) is 3.00. The van der Waals surface area contributed by atoms with E-state index in [1.807, 2.05) is 7.05 Å². The molecule has 0 fully saturated rings. The van der Waals surface area contributed by atoms with Crippen molar-refractivity contribution in [2.24, 2.45) is 10.9 Å². The van der Waals surface area contributed by atoms with Gasteiger partial charge < -0.3 is 0 Å². The highest BCUT2D eigenvalue weighted by atomic mass is 14.7. The summed E-state index contributed by atoms with van der Waals surface area (Å²) in [6.07, 6.45) is 3.65.